The Bertz CT molecular complexity index is 1600. The summed E-state index contributed by atoms with van der Waals surface area (Å²) in [7, 11) is 0. The molecule has 204 valence electrons. The van der Waals surface area contributed by atoms with Gasteiger partial charge in [-0.3, -0.25) is 10.1 Å². The minimum absolute atomic E-state index is 0.178. The van der Waals surface area contributed by atoms with Gasteiger partial charge in [-0.1, -0.05) is 60.7 Å². The molecule has 9 heteroatoms. The normalized spacial score (nSPS) is 11.8. The zero-order valence-corrected chi connectivity index (χ0v) is 21.9. The summed E-state index contributed by atoms with van der Waals surface area (Å²) in [5.41, 5.74) is 7.38. The molecule has 9 nitrogen and oxygen atoms in total. The lowest BCUT2D eigenvalue weighted by molar-refractivity contribution is -0.140. The first-order valence-corrected chi connectivity index (χ1v) is 12.8. The SMILES string of the molecule is Cc1c(COc2ccc(CN[C@H](CO)C(=O)O)c(OCc3ccc4nonc4c3)c2)cccc1-c1ccccc1. The van der Waals surface area contributed by atoms with Crippen LogP contribution in [0, 0.1) is 6.92 Å². The Labute approximate surface area is 231 Å². The van der Waals surface area contributed by atoms with E-state index < -0.39 is 18.6 Å². The molecule has 0 aliphatic heterocycles. The van der Waals surface area contributed by atoms with Gasteiger partial charge in [-0.15, -0.1) is 0 Å². The molecular formula is C31H29N3O6. The summed E-state index contributed by atoms with van der Waals surface area (Å²) in [6.45, 7) is 2.34. The van der Waals surface area contributed by atoms with Gasteiger partial charge in [-0.25, -0.2) is 4.63 Å². The van der Waals surface area contributed by atoms with Crippen LogP contribution >= 0.6 is 0 Å². The van der Waals surface area contributed by atoms with Crippen molar-refractivity contribution in [3.8, 4) is 22.6 Å². The Kier molecular flexibility index (Phi) is 8.34. The minimum Gasteiger partial charge on any atom is -0.489 e. The number of carbonyl (C=O) groups is 1. The van der Waals surface area contributed by atoms with Gasteiger partial charge in [0, 0.05) is 18.2 Å². The van der Waals surface area contributed by atoms with Crippen molar-refractivity contribution in [2.24, 2.45) is 0 Å². The van der Waals surface area contributed by atoms with E-state index in [9.17, 15) is 15.0 Å². The lowest BCUT2D eigenvalue weighted by Gasteiger charge is -2.17. The van der Waals surface area contributed by atoms with Gasteiger partial charge in [0.15, 0.2) is 0 Å². The second-order valence-electron chi connectivity index (χ2n) is 9.34. The number of hydrogen-bond acceptors (Lipinski definition) is 8. The number of aromatic nitrogens is 2. The van der Waals surface area contributed by atoms with E-state index in [1.54, 1.807) is 12.1 Å². The van der Waals surface area contributed by atoms with Gasteiger partial charge in [0.1, 0.15) is 41.8 Å². The molecule has 0 radical (unpaired) electrons. The second kappa shape index (κ2) is 12.4. The van der Waals surface area contributed by atoms with Crippen molar-refractivity contribution in [3.63, 3.8) is 0 Å². The predicted octanol–water partition coefficient (Wildman–Crippen LogP) is 4.89. The molecule has 4 aromatic carbocycles. The van der Waals surface area contributed by atoms with E-state index >= 15 is 0 Å². The number of aliphatic hydroxyl groups is 1. The molecule has 0 aliphatic rings. The molecule has 0 amide bonds. The van der Waals surface area contributed by atoms with Gasteiger partial charge in [0.05, 0.1) is 6.61 Å². The number of hydrogen-bond donors (Lipinski definition) is 3. The molecule has 0 saturated heterocycles. The molecule has 1 heterocycles. The van der Waals surface area contributed by atoms with Crippen molar-refractivity contribution in [2.45, 2.75) is 32.7 Å². The van der Waals surface area contributed by atoms with Crippen LogP contribution in [-0.4, -0.2) is 39.1 Å². The van der Waals surface area contributed by atoms with E-state index in [0.29, 0.717) is 29.1 Å². The fourth-order valence-corrected chi connectivity index (χ4v) is 4.38. The van der Waals surface area contributed by atoms with Crippen LogP contribution in [0.25, 0.3) is 22.2 Å². The van der Waals surface area contributed by atoms with Gasteiger partial charge in [0.2, 0.25) is 0 Å². The number of aliphatic carboxylic acids is 1. The third kappa shape index (κ3) is 6.28. The number of rotatable bonds is 12. The molecule has 1 aromatic heterocycles. The highest BCUT2D eigenvalue weighted by atomic mass is 16.6. The number of aliphatic hydroxyl groups excluding tert-OH is 1. The van der Waals surface area contributed by atoms with Crippen LogP contribution in [0.15, 0.2) is 89.6 Å². The first kappa shape index (κ1) is 26.9. The summed E-state index contributed by atoms with van der Waals surface area (Å²) in [5, 5.41) is 29.2. The number of benzene rings is 4. The van der Waals surface area contributed by atoms with Crippen LogP contribution in [0.5, 0.6) is 11.5 Å². The fraction of sp³-hybridized carbons (Fsp3) is 0.194. The second-order valence-corrected chi connectivity index (χ2v) is 9.34. The topological polar surface area (TPSA) is 127 Å². The van der Waals surface area contributed by atoms with E-state index in [1.807, 2.05) is 54.6 Å². The van der Waals surface area contributed by atoms with Crippen LogP contribution in [0.3, 0.4) is 0 Å². The first-order valence-electron chi connectivity index (χ1n) is 12.8. The van der Waals surface area contributed by atoms with Gasteiger partial charge in [0.25, 0.3) is 0 Å². The predicted molar refractivity (Wildman–Crippen MR) is 149 cm³/mol. The van der Waals surface area contributed by atoms with Gasteiger partial charge in [-0.05, 0) is 63.3 Å². The summed E-state index contributed by atoms with van der Waals surface area (Å²) in [6.07, 6.45) is 0. The maximum atomic E-state index is 11.4. The molecule has 0 bridgehead atoms. The van der Waals surface area contributed by atoms with Gasteiger partial charge >= 0.3 is 5.97 Å². The molecule has 0 unspecified atom stereocenters. The Morgan fingerprint density at radius 3 is 2.52 bits per heavy atom. The monoisotopic (exact) mass is 539 g/mol. The third-order valence-electron chi connectivity index (χ3n) is 6.70. The zero-order chi connectivity index (χ0) is 27.9. The van der Waals surface area contributed by atoms with E-state index in [1.165, 1.54) is 0 Å². The first-order chi connectivity index (χ1) is 19.5. The summed E-state index contributed by atoms with van der Waals surface area (Å²) in [5.74, 6) is 0.00382. The maximum absolute atomic E-state index is 11.4. The minimum atomic E-state index is -1.13. The van der Waals surface area contributed by atoms with Crippen LogP contribution in [-0.2, 0) is 24.6 Å². The van der Waals surface area contributed by atoms with Gasteiger partial charge < -0.3 is 19.7 Å². The maximum Gasteiger partial charge on any atom is 0.323 e. The average Bonchev–Trinajstić information content (AvgIpc) is 3.45. The van der Waals surface area contributed by atoms with E-state index in [4.69, 9.17) is 14.1 Å². The summed E-state index contributed by atoms with van der Waals surface area (Å²) in [4.78, 5) is 11.4. The lowest BCUT2D eigenvalue weighted by Crippen LogP contribution is -2.39. The number of carboxylic acids is 1. The smallest absolute Gasteiger partial charge is 0.323 e. The van der Waals surface area contributed by atoms with E-state index in [0.717, 1.165) is 33.4 Å². The standard InChI is InChI=1S/C31H29N3O6/c1-20-24(8-5-9-26(20)22-6-3-2-4-7-22)19-38-25-12-11-23(16-32-29(17-35)31(36)37)30(15-25)39-18-21-10-13-27-28(14-21)34-40-33-27/h2-15,29,32,35H,16-19H2,1H3,(H,36,37)/t29-/m1/s1. The lowest BCUT2D eigenvalue weighted by atomic mass is 9.97. The Hall–Kier alpha value is -4.73. The molecule has 40 heavy (non-hydrogen) atoms. The Morgan fingerprint density at radius 2 is 1.73 bits per heavy atom. The molecular weight excluding hydrogens is 510 g/mol. The largest absolute Gasteiger partial charge is 0.489 e. The quantitative estimate of drug-likeness (QED) is 0.203. The van der Waals surface area contributed by atoms with Crippen molar-refractivity contribution in [1.82, 2.24) is 15.6 Å². The third-order valence-corrected chi connectivity index (χ3v) is 6.70. The summed E-state index contributed by atoms with van der Waals surface area (Å²) in [6, 6.07) is 26.3. The van der Waals surface area contributed by atoms with E-state index in [-0.39, 0.29) is 13.2 Å². The van der Waals surface area contributed by atoms with Crippen molar-refractivity contribution < 1.29 is 29.1 Å². The molecule has 0 aliphatic carbocycles. The number of nitrogens with one attached hydrogen (secondary N) is 1. The molecule has 5 rings (SSSR count). The van der Waals surface area contributed by atoms with E-state index in [2.05, 4.69) is 40.8 Å². The van der Waals surface area contributed by atoms with Crippen LogP contribution in [0.2, 0.25) is 0 Å². The van der Waals surface area contributed by atoms with Crippen molar-refractivity contribution in [1.29, 1.82) is 0 Å². The average molecular weight is 540 g/mol. The fourth-order valence-electron chi connectivity index (χ4n) is 4.38. The molecule has 5 aromatic rings. The zero-order valence-electron chi connectivity index (χ0n) is 21.9. The summed E-state index contributed by atoms with van der Waals surface area (Å²) < 4.78 is 17.1. The van der Waals surface area contributed by atoms with Crippen molar-refractivity contribution >= 4 is 17.0 Å². The number of ether oxygens (including phenoxy) is 2. The Balaban J connectivity index is 1.34. The molecule has 0 saturated carbocycles. The Morgan fingerprint density at radius 1 is 0.900 bits per heavy atom. The summed E-state index contributed by atoms with van der Waals surface area (Å²) >= 11 is 0. The molecule has 0 spiro atoms. The number of fused-ring (bicyclic) bond motifs is 1. The molecule has 3 N–H and O–H groups in total. The van der Waals surface area contributed by atoms with Crippen molar-refractivity contribution in [3.05, 3.63) is 107 Å². The molecule has 0 fully saturated rings. The van der Waals surface area contributed by atoms with Crippen LogP contribution in [0.4, 0.5) is 0 Å². The molecule has 1 atom stereocenters. The van der Waals surface area contributed by atoms with Gasteiger partial charge in [-0.2, -0.15) is 0 Å². The highest BCUT2D eigenvalue weighted by Gasteiger charge is 2.17. The highest BCUT2D eigenvalue weighted by molar-refractivity contribution is 5.74. The highest BCUT2D eigenvalue weighted by Crippen LogP contribution is 2.29. The number of nitrogens with zero attached hydrogens (tertiary/aromatic N) is 2. The van der Waals surface area contributed by atoms with Crippen molar-refractivity contribution in [2.75, 3.05) is 6.61 Å². The van der Waals surface area contributed by atoms with Crippen LogP contribution < -0.4 is 14.8 Å². The number of carboxylic acid groups (broad SMARTS) is 1. The van der Waals surface area contributed by atoms with Crippen LogP contribution in [0.1, 0.15) is 22.3 Å².